The molecule has 1 heterocycles. The minimum absolute atomic E-state index is 0.230. The standard InChI is InChI=1S/C16H27NOSi/c1-12-14(15(18-19-5)16(2,3)4)17(12)11-13-9-7-6-8-10-13/h6-10,12,14-15H,11,19H2,1-5H3/t12-,14-,15?,17?/m1/s1. The Morgan fingerprint density at radius 2 is 1.89 bits per heavy atom. The van der Waals surface area contributed by atoms with Gasteiger partial charge in [-0.15, -0.1) is 0 Å². The number of hydrogen-bond acceptors (Lipinski definition) is 2. The van der Waals surface area contributed by atoms with Crippen molar-refractivity contribution >= 4 is 9.76 Å². The average molecular weight is 277 g/mol. The van der Waals surface area contributed by atoms with E-state index < -0.39 is 0 Å². The molecule has 1 saturated heterocycles. The summed E-state index contributed by atoms with van der Waals surface area (Å²) in [6.45, 7) is 12.5. The molecular formula is C16H27NOSi. The van der Waals surface area contributed by atoms with Crippen LogP contribution in [0.4, 0.5) is 0 Å². The van der Waals surface area contributed by atoms with Crippen molar-refractivity contribution in [3.8, 4) is 0 Å². The van der Waals surface area contributed by atoms with Gasteiger partial charge in [0.05, 0.1) is 12.1 Å². The summed E-state index contributed by atoms with van der Waals surface area (Å²) in [5.74, 6) is 0. The lowest BCUT2D eigenvalue weighted by Crippen LogP contribution is -2.37. The topological polar surface area (TPSA) is 12.2 Å². The molecule has 4 atom stereocenters. The van der Waals surface area contributed by atoms with Crippen LogP contribution in [0, 0.1) is 5.41 Å². The van der Waals surface area contributed by atoms with Crippen molar-refractivity contribution < 1.29 is 4.43 Å². The van der Waals surface area contributed by atoms with Crippen LogP contribution < -0.4 is 0 Å². The van der Waals surface area contributed by atoms with Crippen LogP contribution >= 0.6 is 0 Å². The van der Waals surface area contributed by atoms with E-state index in [-0.39, 0.29) is 15.2 Å². The Hall–Kier alpha value is -0.643. The van der Waals surface area contributed by atoms with Gasteiger partial charge in [-0.05, 0) is 17.9 Å². The third-order valence-electron chi connectivity index (χ3n) is 4.03. The Morgan fingerprint density at radius 1 is 1.26 bits per heavy atom. The molecule has 1 fully saturated rings. The van der Waals surface area contributed by atoms with Gasteiger partial charge in [0.15, 0.2) is 9.76 Å². The van der Waals surface area contributed by atoms with Gasteiger partial charge >= 0.3 is 0 Å². The van der Waals surface area contributed by atoms with Crippen molar-refractivity contribution in [3.05, 3.63) is 35.9 Å². The molecule has 0 amide bonds. The molecule has 1 aliphatic heterocycles. The van der Waals surface area contributed by atoms with Gasteiger partial charge in [0, 0.05) is 12.6 Å². The maximum Gasteiger partial charge on any atom is 0.159 e. The van der Waals surface area contributed by atoms with Crippen LogP contribution in [-0.4, -0.2) is 32.9 Å². The molecule has 1 aromatic rings. The highest BCUT2D eigenvalue weighted by atomic mass is 28.2. The minimum atomic E-state index is -0.358. The van der Waals surface area contributed by atoms with Crippen LogP contribution in [0.15, 0.2) is 30.3 Å². The first kappa shape index (κ1) is 14.8. The lowest BCUT2D eigenvalue weighted by Gasteiger charge is -2.31. The molecule has 0 N–H and O–H groups in total. The Morgan fingerprint density at radius 3 is 2.42 bits per heavy atom. The van der Waals surface area contributed by atoms with Crippen LogP contribution in [-0.2, 0) is 11.0 Å². The molecule has 0 aromatic heterocycles. The Bertz CT molecular complexity index is 401. The lowest BCUT2D eigenvalue weighted by molar-refractivity contribution is 0.0772. The third-order valence-corrected chi connectivity index (χ3v) is 4.72. The monoisotopic (exact) mass is 277 g/mol. The molecule has 2 nitrogen and oxygen atoms in total. The highest BCUT2D eigenvalue weighted by Gasteiger charge is 2.52. The molecule has 106 valence electrons. The molecule has 1 aromatic carbocycles. The van der Waals surface area contributed by atoms with Gasteiger partial charge in [-0.2, -0.15) is 0 Å². The van der Waals surface area contributed by atoms with Gasteiger partial charge in [0.2, 0.25) is 0 Å². The van der Waals surface area contributed by atoms with Gasteiger partial charge in [-0.3, -0.25) is 4.90 Å². The van der Waals surface area contributed by atoms with Gasteiger partial charge in [-0.25, -0.2) is 0 Å². The van der Waals surface area contributed by atoms with E-state index in [0.29, 0.717) is 18.2 Å². The van der Waals surface area contributed by atoms with Crippen molar-refractivity contribution in [2.75, 3.05) is 0 Å². The summed E-state index contributed by atoms with van der Waals surface area (Å²) in [6.07, 6.45) is 0.378. The van der Waals surface area contributed by atoms with E-state index >= 15 is 0 Å². The number of nitrogens with zero attached hydrogens (tertiary/aromatic N) is 1. The van der Waals surface area contributed by atoms with E-state index in [1.165, 1.54) is 5.56 Å². The molecule has 0 bridgehead atoms. The van der Waals surface area contributed by atoms with Crippen LogP contribution in [0.1, 0.15) is 33.3 Å². The largest absolute Gasteiger partial charge is 0.419 e. The molecule has 1 aliphatic rings. The molecule has 0 saturated carbocycles. The van der Waals surface area contributed by atoms with E-state index in [1.54, 1.807) is 0 Å². The molecule has 2 rings (SSSR count). The van der Waals surface area contributed by atoms with Crippen LogP contribution in [0.5, 0.6) is 0 Å². The van der Waals surface area contributed by atoms with Crippen molar-refractivity contribution in [1.82, 2.24) is 4.90 Å². The fourth-order valence-electron chi connectivity index (χ4n) is 2.95. The van der Waals surface area contributed by atoms with Gasteiger partial charge in [-0.1, -0.05) is 57.7 Å². The predicted octanol–water partition coefficient (Wildman–Crippen LogP) is 2.82. The second kappa shape index (κ2) is 5.78. The van der Waals surface area contributed by atoms with E-state index in [1.807, 2.05) is 0 Å². The van der Waals surface area contributed by atoms with Crippen LogP contribution in [0.2, 0.25) is 6.55 Å². The third kappa shape index (κ3) is 3.47. The normalized spacial score (nSPS) is 28.8. The fraction of sp³-hybridized carbons (Fsp3) is 0.625. The summed E-state index contributed by atoms with van der Waals surface area (Å²) in [5.41, 5.74) is 1.63. The smallest absolute Gasteiger partial charge is 0.159 e. The van der Waals surface area contributed by atoms with Crippen molar-refractivity contribution in [2.24, 2.45) is 5.41 Å². The Kier molecular flexibility index (Phi) is 4.49. The van der Waals surface area contributed by atoms with Crippen LogP contribution in [0.3, 0.4) is 0 Å². The summed E-state index contributed by atoms with van der Waals surface area (Å²) >= 11 is 0. The highest BCUT2D eigenvalue weighted by Crippen LogP contribution is 2.40. The lowest BCUT2D eigenvalue weighted by atomic mass is 9.86. The Balaban J connectivity index is 2.02. The maximum absolute atomic E-state index is 6.17. The van der Waals surface area contributed by atoms with E-state index in [2.05, 4.69) is 69.5 Å². The molecule has 0 aliphatic carbocycles. The van der Waals surface area contributed by atoms with Crippen molar-refractivity contribution in [2.45, 2.75) is 59.0 Å². The number of benzene rings is 1. The maximum atomic E-state index is 6.17. The van der Waals surface area contributed by atoms with Gasteiger partial charge in [0.1, 0.15) is 0 Å². The van der Waals surface area contributed by atoms with Gasteiger partial charge < -0.3 is 4.43 Å². The average Bonchev–Trinajstić information content (AvgIpc) is 2.96. The SMILES string of the molecule is C[SiH2]OC([C@H]1[C@@H](C)N1Cc1ccccc1)C(C)(C)C. The predicted molar refractivity (Wildman–Crippen MR) is 84.0 cm³/mol. The number of hydrogen-bond donors (Lipinski definition) is 0. The molecular weight excluding hydrogens is 250 g/mol. The van der Waals surface area contributed by atoms with Gasteiger partial charge in [0.25, 0.3) is 0 Å². The quantitative estimate of drug-likeness (QED) is 0.606. The van der Waals surface area contributed by atoms with Crippen molar-refractivity contribution in [3.63, 3.8) is 0 Å². The zero-order chi connectivity index (χ0) is 14.0. The summed E-state index contributed by atoms with van der Waals surface area (Å²) in [7, 11) is -0.358. The van der Waals surface area contributed by atoms with Crippen LogP contribution in [0.25, 0.3) is 0 Å². The van der Waals surface area contributed by atoms with E-state index in [0.717, 1.165) is 6.54 Å². The first-order valence-corrected chi connectivity index (χ1v) is 9.35. The summed E-state index contributed by atoms with van der Waals surface area (Å²) in [4.78, 5) is 2.56. The first-order chi connectivity index (χ1) is 8.95. The molecule has 3 heteroatoms. The summed E-state index contributed by atoms with van der Waals surface area (Å²) in [5, 5.41) is 0. The summed E-state index contributed by atoms with van der Waals surface area (Å²) in [6, 6.07) is 12.0. The molecule has 2 unspecified atom stereocenters. The molecule has 0 radical (unpaired) electrons. The highest BCUT2D eigenvalue weighted by molar-refractivity contribution is 6.24. The first-order valence-electron chi connectivity index (χ1n) is 7.36. The summed E-state index contributed by atoms with van der Waals surface area (Å²) < 4.78 is 6.17. The zero-order valence-corrected chi connectivity index (χ0v) is 14.3. The van der Waals surface area contributed by atoms with E-state index in [9.17, 15) is 0 Å². The molecule has 19 heavy (non-hydrogen) atoms. The number of rotatable bonds is 5. The minimum Gasteiger partial charge on any atom is -0.419 e. The fourth-order valence-corrected chi connectivity index (χ4v) is 4.00. The molecule has 0 spiro atoms. The second-order valence-corrected chi connectivity index (χ2v) is 7.54. The van der Waals surface area contributed by atoms with Crippen molar-refractivity contribution in [1.29, 1.82) is 0 Å². The Labute approximate surface area is 120 Å². The second-order valence-electron chi connectivity index (χ2n) is 6.63. The zero-order valence-electron chi connectivity index (χ0n) is 12.9. The van der Waals surface area contributed by atoms with E-state index in [4.69, 9.17) is 4.43 Å².